The molecule has 0 heterocycles. The van der Waals surface area contributed by atoms with E-state index < -0.39 is 11.9 Å². The Morgan fingerprint density at radius 3 is 1.97 bits per heavy atom. The number of rotatable bonds is 10. The van der Waals surface area contributed by atoms with Gasteiger partial charge in [-0.2, -0.15) is 0 Å². The monoisotopic (exact) mass is 420 g/mol. The van der Waals surface area contributed by atoms with Gasteiger partial charge in [-0.15, -0.1) is 0 Å². The molecule has 0 aliphatic heterocycles. The van der Waals surface area contributed by atoms with Crippen LogP contribution in [0.15, 0.2) is 78.9 Å². The van der Waals surface area contributed by atoms with Gasteiger partial charge in [0.15, 0.2) is 0 Å². The topological polar surface area (TPSA) is 71.1 Å². The van der Waals surface area contributed by atoms with Gasteiger partial charge >= 0.3 is 11.9 Å². The smallest absolute Gasteiger partial charge is 0.347 e. The van der Waals surface area contributed by atoms with Crippen LogP contribution >= 0.6 is 0 Å². The molecule has 3 aromatic rings. The van der Waals surface area contributed by atoms with Gasteiger partial charge in [0.2, 0.25) is 0 Å². The SMILES string of the molecule is CCCOc1ccccc1C(=O)Oc1ccccc1C(=O)OCCOc1ccccc1. The van der Waals surface area contributed by atoms with E-state index in [2.05, 4.69) is 0 Å². The summed E-state index contributed by atoms with van der Waals surface area (Å²) in [5, 5.41) is 0. The molecule has 6 heteroatoms. The van der Waals surface area contributed by atoms with E-state index in [-0.39, 0.29) is 30.1 Å². The van der Waals surface area contributed by atoms with Crippen LogP contribution in [0, 0.1) is 0 Å². The Hall–Kier alpha value is -3.80. The quantitative estimate of drug-likeness (QED) is 0.263. The Morgan fingerprint density at radius 1 is 0.645 bits per heavy atom. The van der Waals surface area contributed by atoms with Gasteiger partial charge in [0, 0.05) is 0 Å². The van der Waals surface area contributed by atoms with Crippen molar-refractivity contribution in [3.05, 3.63) is 90.0 Å². The number of carbonyl (C=O) groups excluding carboxylic acids is 2. The summed E-state index contributed by atoms with van der Waals surface area (Å²) in [5.74, 6) is 0.0334. The van der Waals surface area contributed by atoms with Crippen molar-refractivity contribution in [3.8, 4) is 17.2 Å². The van der Waals surface area contributed by atoms with Crippen LogP contribution in [0.5, 0.6) is 17.2 Å². The zero-order valence-corrected chi connectivity index (χ0v) is 17.3. The summed E-state index contributed by atoms with van der Waals surface area (Å²) in [6, 6.07) is 22.5. The minimum atomic E-state index is -0.612. The van der Waals surface area contributed by atoms with Gasteiger partial charge in [-0.3, -0.25) is 0 Å². The summed E-state index contributed by atoms with van der Waals surface area (Å²) in [6.07, 6.45) is 0.812. The third-order valence-electron chi connectivity index (χ3n) is 4.21. The lowest BCUT2D eigenvalue weighted by atomic mass is 10.2. The van der Waals surface area contributed by atoms with Crippen LogP contribution in [0.25, 0.3) is 0 Å². The van der Waals surface area contributed by atoms with Crippen LogP contribution in [0.4, 0.5) is 0 Å². The highest BCUT2D eigenvalue weighted by molar-refractivity contribution is 5.97. The lowest BCUT2D eigenvalue weighted by Gasteiger charge is -2.12. The molecule has 0 atom stereocenters. The number of hydrogen-bond donors (Lipinski definition) is 0. The predicted molar refractivity (Wildman–Crippen MR) is 116 cm³/mol. The maximum Gasteiger partial charge on any atom is 0.347 e. The second kappa shape index (κ2) is 11.4. The number of esters is 2. The van der Waals surface area contributed by atoms with Crippen LogP contribution in [0.3, 0.4) is 0 Å². The highest BCUT2D eigenvalue weighted by atomic mass is 16.6. The van der Waals surface area contributed by atoms with E-state index in [1.807, 2.05) is 37.3 Å². The fraction of sp³-hybridized carbons (Fsp3) is 0.200. The summed E-state index contributed by atoms with van der Waals surface area (Å²) in [7, 11) is 0. The molecule has 3 aromatic carbocycles. The Labute approximate surface area is 181 Å². The van der Waals surface area contributed by atoms with Crippen LogP contribution in [-0.4, -0.2) is 31.8 Å². The lowest BCUT2D eigenvalue weighted by molar-refractivity contribution is 0.0445. The lowest BCUT2D eigenvalue weighted by Crippen LogP contribution is -2.16. The molecule has 0 fully saturated rings. The Morgan fingerprint density at radius 2 is 1.26 bits per heavy atom. The van der Waals surface area contributed by atoms with Crippen molar-refractivity contribution >= 4 is 11.9 Å². The van der Waals surface area contributed by atoms with Crippen molar-refractivity contribution < 1.29 is 28.5 Å². The zero-order valence-electron chi connectivity index (χ0n) is 17.3. The van der Waals surface area contributed by atoms with Gasteiger partial charge in [0.1, 0.15) is 41.6 Å². The molecule has 0 bridgehead atoms. The second-order valence-electron chi connectivity index (χ2n) is 6.53. The first-order valence-corrected chi connectivity index (χ1v) is 10.1. The standard InChI is InChI=1S/C25H24O6/c1-2-16-29-22-14-8-6-12-20(22)25(27)31-23-15-9-7-13-21(23)24(26)30-18-17-28-19-10-4-3-5-11-19/h3-15H,2,16-18H2,1H3. The molecular formula is C25H24O6. The molecule has 0 saturated heterocycles. The molecule has 0 saturated carbocycles. The first kappa shape index (κ1) is 21.9. The normalized spacial score (nSPS) is 10.2. The Kier molecular flexibility index (Phi) is 8.05. The van der Waals surface area contributed by atoms with E-state index in [0.29, 0.717) is 18.1 Å². The molecule has 0 aliphatic carbocycles. The third kappa shape index (κ3) is 6.34. The number of benzene rings is 3. The molecule has 31 heavy (non-hydrogen) atoms. The van der Waals surface area contributed by atoms with Crippen molar-refractivity contribution in [2.75, 3.05) is 19.8 Å². The van der Waals surface area contributed by atoms with Crippen molar-refractivity contribution in [2.24, 2.45) is 0 Å². The summed E-state index contributed by atoms with van der Waals surface area (Å²) in [5.41, 5.74) is 0.443. The number of hydrogen-bond acceptors (Lipinski definition) is 6. The van der Waals surface area contributed by atoms with Gasteiger partial charge < -0.3 is 18.9 Å². The summed E-state index contributed by atoms with van der Waals surface area (Å²) >= 11 is 0. The molecule has 6 nitrogen and oxygen atoms in total. The van der Waals surface area contributed by atoms with Gasteiger partial charge in [-0.25, -0.2) is 9.59 Å². The Bertz CT molecular complexity index is 1000. The van der Waals surface area contributed by atoms with Crippen molar-refractivity contribution in [1.82, 2.24) is 0 Å². The zero-order chi connectivity index (χ0) is 21.9. The van der Waals surface area contributed by atoms with E-state index in [0.717, 1.165) is 6.42 Å². The number of carbonyl (C=O) groups is 2. The van der Waals surface area contributed by atoms with Gasteiger partial charge in [0.05, 0.1) is 6.61 Å². The fourth-order valence-corrected chi connectivity index (χ4v) is 2.74. The van der Waals surface area contributed by atoms with E-state index in [1.165, 1.54) is 0 Å². The second-order valence-corrected chi connectivity index (χ2v) is 6.53. The average molecular weight is 420 g/mol. The fourth-order valence-electron chi connectivity index (χ4n) is 2.74. The minimum absolute atomic E-state index is 0.0592. The molecule has 0 aromatic heterocycles. The van der Waals surface area contributed by atoms with Crippen LogP contribution in [0.1, 0.15) is 34.1 Å². The molecule has 0 N–H and O–H groups in total. The van der Waals surface area contributed by atoms with Crippen LogP contribution in [0.2, 0.25) is 0 Å². The maximum atomic E-state index is 12.7. The number of ether oxygens (including phenoxy) is 4. The third-order valence-corrected chi connectivity index (χ3v) is 4.21. The minimum Gasteiger partial charge on any atom is -0.493 e. The summed E-state index contributed by atoms with van der Waals surface area (Å²) < 4.78 is 21.9. The molecule has 0 amide bonds. The molecular weight excluding hydrogens is 396 g/mol. The molecule has 0 aliphatic rings. The van der Waals surface area contributed by atoms with Gasteiger partial charge in [0.25, 0.3) is 0 Å². The first-order valence-electron chi connectivity index (χ1n) is 10.1. The van der Waals surface area contributed by atoms with Crippen LogP contribution in [-0.2, 0) is 4.74 Å². The molecule has 3 rings (SSSR count). The van der Waals surface area contributed by atoms with Crippen molar-refractivity contribution in [3.63, 3.8) is 0 Å². The predicted octanol–water partition coefficient (Wildman–Crippen LogP) is 4.93. The van der Waals surface area contributed by atoms with E-state index in [4.69, 9.17) is 18.9 Å². The Balaban J connectivity index is 1.62. The van der Waals surface area contributed by atoms with Gasteiger partial charge in [-0.1, -0.05) is 49.4 Å². The highest BCUT2D eigenvalue weighted by Gasteiger charge is 2.19. The van der Waals surface area contributed by atoms with Crippen LogP contribution < -0.4 is 14.2 Å². The first-order chi connectivity index (χ1) is 15.2. The van der Waals surface area contributed by atoms with E-state index in [9.17, 15) is 9.59 Å². The molecule has 0 spiro atoms. The van der Waals surface area contributed by atoms with E-state index in [1.54, 1.807) is 48.5 Å². The summed E-state index contributed by atoms with van der Waals surface area (Å²) in [4.78, 5) is 25.2. The highest BCUT2D eigenvalue weighted by Crippen LogP contribution is 2.24. The number of para-hydroxylation sites is 3. The maximum absolute atomic E-state index is 12.7. The molecule has 160 valence electrons. The van der Waals surface area contributed by atoms with Crippen molar-refractivity contribution in [1.29, 1.82) is 0 Å². The average Bonchev–Trinajstić information content (AvgIpc) is 2.81. The summed E-state index contributed by atoms with van der Waals surface area (Å²) in [6.45, 7) is 2.73. The van der Waals surface area contributed by atoms with E-state index >= 15 is 0 Å². The van der Waals surface area contributed by atoms with Crippen molar-refractivity contribution in [2.45, 2.75) is 13.3 Å². The van der Waals surface area contributed by atoms with Gasteiger partial charge in [-0.05, 0) is 42.8 Å². The molecule has 0 radical (unpaired) electrons. The molecule has 0 unspecified atom stereocenters. The largest absolute Gasteiger partial charge is 0.493 e.